The Balaban J connectivity index is 1.55. The van der Waals surface area contributed by atoms with Crippen LogP contribution in [-0.2, 0) is 4.74 Å². The Labute approximate surface area is 194 Å². The van der Waals surface area contributed by atoms with Crippen molar-refractivity contribution in [3.05, 3.63) is 83.4 Å². The van der Waals surface area contributed by atoms with Crippen LogP contribution in [0.4, 0.5) is 13.6 Å². The lowest BCUT2D eigenvalue weighted by atomic mass is 10.3. The van der Waals surface area contributed by atoms with E-state index in [0.29, 0.717) is 16.5 Å². The Morgan fingerprint density at radius 2 is 1.56 bits per heavy atom. The number of ether oxygens (including phenoxy) is 3. The number of benzene rings is 3. The second kappa shape index (κ2) is 11.6. The molecule has 3 rings (SSSR count). The summed E-state index contributed by atoms with van der Waals surface area (Å²) >= 11 is 7.13. The van der Waals surface area contributed by atoms with Gasteiger partial charge in [-0.05, 0) is 67.4 Å². The Hall–Kier alpha value is -2.97. The number of nitrogens with zero attached hydrogens (tertiary/aromatic N) is 1. The molecule has 32 heavy (non-hydrogen) atoms. The topological polar surface area (TPSA) is 48.0 Å². The van der Waals surface area contributed by atoms with Crippen molar-refractivity contribution in [1.82, 2.24) is 4.31 Å². The van der Waals surface area contributed by atoms with Crippen molar-refractivity contribution in [3.63, 3.8) is 0 Å². The molecule has 1 amide bonds. The van der Waals surface area contributed by atoms with Gasteiger partial charge in [-0.3, -0.25) is 0 Å². The smallest absolute Gasteiger partial charge is 0.420 e. The lowest BCUT2D eigenvalue weighted by molar-refractivity contribution is 0.129. The van der Waals surface area contributed by atoms with Crippen LogP contribution >= 0.6 is 23.5 Å². The molecule has 0 heterocycles. The van der Waals surface area contributed by atoms with Gasteiger partial charge in [0.25, 0.3) is 0 Å². The maximum absolute atomic E-state index is 13.3. The fraction of sp³-hybridized carbons (Fsp3) is 0.174. The van der Waals surface area contributed by atoms with E-state index in [-0.39, 0.29) is 25.5 Å². The van der Waals surface area contributed by atoms with Gasteiger partial charge in [0.15, 0.2) is 0 Å². The molecule has 0 aliphatic rings. The Morgan fingerprint density at radius 1 is 0.938 bits per heavy atom. The molecule has 0 aliphatic carbocycles. The number of rotatable bonds is 9. The fourth-order valence-corrected chi connectivity index (χ4v) is 3.50. The highest BCUT2D eigenvalue weighted by Gasteiger charge is 2.16. The molecular formula is C23H20ClF2NO4S. The van der Waals surface area contributed by atoms with E-state index in [9.17, 15) is 13.6 Å². The molecule has 0 saturated heterocycles. The second-order valence-electron chi connectivity index (χ2n) is 6.37. The van der Waals surface area contributed by atoms with Gasteiger partial charge in [0.2, 0.25) is 0 Å². The van der Waals surface area contributed by atoms with Crippen molar-refractivity contribution in [2.45, 2.75) is 11.8 Å². The van der Waals surface area contributed by atoms with Crippen LogP contribution in [0.1, 0.15) is 6.92 Å². The molecule has 0 aromatic heterocycles. The van der Waals surface area contributed by atoms with E-state index in [2.05, 4.69) is 0 Å². The van der Waals surface area contributed by atoms with Gasteiger partial charge < -0.3 is 14.2 Å². The molecule has 0 atom stereocenters. The molecule has 0 N–H and O–H groups in total. The van der Waals surface area contributed by atoms with Gasteiger partial charge in [-0.1, -0.05) is 11.6 Å². The van der Waals surface area contributed by atoms with Gasteiger partial charge in [-0.15, -0.1) is 0 Å². The zero-order valence-electron chi connectivity index (χ0n) is 17.1. The summed E-state index contributed by atoms with van der Waals surface area (Å²) in [6.07, 6.45) is -0.470. The molecule has 9 heteroatoms. The van der Waals surface area contributed by atoms with Crippen LogP contribution in [0.15, 0.2) is 71.6 Å². The minimum atomic E-state index is -0.720. The Kier molecular flexibility index (Phi) is 8.58. The van der Waals surface area contributed by atoms with E-state index in [1.54, 1.807) is 43.3 Å². The molecule has 0 fully saturated rings. The van der Waals surface area contributed by atoms with Crippen molar-refractivity contribution >= 4 is 29.6 Å². The molecule has 3 aromatic rings. The van der Waals surface area contributed by atoms with Gasteiger partial charge in [0.05, 0.1) is 13.2 Å². The summed E-state index contributed by atoms with van der Waals surface area (Å²) in [6, 6.07) is 16.6. The highest BCUT2D eigenvalue weighted by atomic mass is 35.5. The van der Waals surface area contributed by atoms with E-state index in [0.717, 1.165) is 23.1 Å². The predicted molar refractivity (Wildman–Crippen MR) is 119 cm³/mol. The van der Waals surface area contributed by atoms with Crippen LogP contribution < -0.4 is 9.47 Å². The SMILES string of the molecule is CCOC(=O)N(CCOc1ccc(Oc2cc(F)cc(F)c2)cc1)Sc1ccc(Cl)cc1. The van der Waals surface area contributed by atoms with Crippen LogP contribution in [-0.4, -0.2) is 30.2 Å². The summed E-state index contributed by atoms with van der Waals surface area (Å²) < 4.78 is 44.3. The summed E-state index contributed by atoms with van der Waals surface area (Å²) in [4.78, 5) is 13.1. The predicted octanol–water partition coefficient (Wildman–Crippen LogP) is 6.96. The molecule has 0 bridgehead atoms. The average Bonchev–Trinajstić information content (AvgIpc) is 2.75. The standard InChI is InChI=1S/C23H20ClF2NO4S/c1-2-29-23(28)27(32-22-9-3-16(24)4-10-22)11-12-30-19-5-7-20(8-6-19)31-21-14-17(25)13-18(26)15-21/h3-10,13-15H,2,11-12H2,1H3. The molecular weight excluding hydrogens is 460 g/mol. The van der Waals surface area contributed by atoms with Crippen molar-refractivity contribution in [1.29, 1.82) is 0 Å². The van der Waals surface area contributed by atoms with E-state index in [1.807, 2.05) is 12.1 Å². The quantitative estimate of drug-likeness (QED) is 0.310. The maximum Gasteiger partial charge on any atom is 0.420 e. The third-order valence-electron chi connectivity index (χ3n) is 3.96. The Morgan fingerprint density at radius 3 is 2.19 bits per heavy atom. The van der Waals surface area contributed by atoms with Gasteiger partial charge in [0, 0.05) is 28.1 Å². The van der Waals surface area contributed by atoms with Crippen LogP contribution in [0.3, 0.4) is 0 Å². The first-order chi connectivity index (χ1) is 15.4. The molecule has 0 radical (unpaired) electrons. The number of hydrogen-bond acceptors (Lipinski definition) is 5. The lowest BCUT2D eigenvalue weighted by Crippen LogP contribution is -2.29. The average molecular weight is 480 g/mol. The first-order valence-corrected chi connectivity index (χ1v) is 10.8. The van der Waals surface area contributed by atoms with E-state index < -0.39 is 17.7 Å². The number of carbonyl (C=O) groups is 1. The van der Waals surface area contributed by atoms with E-state index >= 15 is 0 Å². The zero-order valence-corrected chi connectivity index (χ0v) is 18.7. The van der Waals surface area contributed by atoms with Crippen molar-refractivity contribution in [2.75, 3.05) is 19.8 Å². The zero-order chi connectivity index (χ0) is 22.9. The fourth-order valence-electron chi connectivity index (χ4n) is 2.57. The number of halogens is 3. The number of amides is 1. The molecule has 0 saturated carbocycles. The molecule has 0 aliphatic heterocycles. The van der Waals surface area contributed by atoms with Crippen molar-refractivity contribution < 1.29 is 27.8 Å². The van der Waals surface area contributed by atoms with Crippen LogP contribution in [0.2, 0.25) is 5.02 Å². The molecule has 5 nitrogen and oxygen atoms in total. The second-order valence-corrected chi connectivity index (χ2v) is 7.90. The normalized spacial score (nSPS) is 10.5. The highest BCUT2D eigenvalue weighted by Crippen LogP contribution is 2.27. The summed E-state index contributed by atoms with van der Waals surface area (Å²) in [5.74, 6) is -0.442. The van der Waals surface area contributed by atoms with Gasteiger partial charge in [-0.25, -0.2) is 17.9 Å². The summed E-state index contributed by atoms with van der Waals surface area (Å²) in [5.41, 5.74) is 0. The molecule has 3 aromatic carbocycles. The largest absolute Gasteiger partial charge is 0.492 e. The van der Waals surface area contributed by atoms with Gasteiger partial charge in [-0.2, -0.15) is 0 Å². The monoisotopic (exact) mass is 479 g/mol. The van der Waals surface area contributed by atoms with Crippen molar-refractivity contribution in [3.8, 4) is 17.2 Å². The Bertz CT molecular complexity index is 1010. The third-order valence-corrected chi connectivity index (χ3v) is 5.25. The van der Waals surface area contributed by atoms with Crippen molar-refractivity contribution in [2.24, 2.45) is 0 Å². The minimum absolute atomic E-state index is 0.0560. The highest BCUT2D eigenvalue weighted by molar-refractivity contribution is 7.97. The summed E-state index contributed by atoms with van der Waals surface area (Å²) in [5, 5.41) is 0.607. The van der Waals surface area contributed by atoms with Crippen LogP contribution in [0.25, 0.3) is 0 Å². The first kappa shape index (κ1) is 23.7. The summed E-state index contributed by atoms with van der Waals surface area (Å²) in [6.45, 7) is 2.48. The molecule has 0 spiro atoms. The van der Waals surface area contributed by atoms with Gasteiger partial charge in [0.1, 0.15) is 35.5 Å². The molecule has 168 valence electrons. The van der Waals surface area contributed by atoms with Crippen LogP contribution in [0.5, 0.6) is 17.2 Å². The lowest BCUT2D eigenvalue weighted by Gasteiger charge is -2.20. The molecule has 0 unspecified atom stereocenters. The summed E-state index contributed by atoms with van der Waals surface area (Å²) in [7, 11) is 0. The van der Waals surface area contributed by atoms with E-state index in [1.165, 1.54) is 16.3 Å². The first-order valence-electron chi connectivity index (χ1n) is 9.67. The number of hydrogen-bond donors (Lipinski definition) is 0. The minimum Gasteiger partial charge on any atom is -0.492 e. The van der Waals surface area contributed by atoms with Crippen LogP contribution in [0, 0.1) is 11.6 Å². The van der Waals surface area contributed by atoms with E-state index in [4.69, 9.17) is 25.8 Å². The maximum atomic E-state index is 13.3. The van der Waals surface area contributed by atoms with Gasteiger partial charge >= 0.3 is 6.09 Å². The third kappa shape index (κ3) is 7.32. The number of carbonyl (C=O) groups excluding carboxylic acids is 1.